The van der Waals surface area contributed by atoms with Crippen LogP contribution in [0.4, 0.5) is 4.39 Å². The third-order valence-electron chi connectivity index (χ3n) is 5.78. The van der Waals surface area contributed by atoms with E-state index in [1.807, 2.05) is 11.1 Å². The number of aromatic amines is 1. The molecule has 3 atom stereocenters. The number of thioether (sulfide) groups is 1. The van der Waals surface area contributed by atoms with Gasteiger partial charge in [-0.05, 0) is 37.1 Å². The van der Waals surface area contributed by atoms with Crippen molar-refractivity contribution < 1.29 is 23.5 Å². The number of benzene rings is 2. The quantitative estimate of drug-likeness (QED) is 0.519. The Hall–Kier alpha value is -3.66. The minimum absolute atomic E-state index is 0.0966. The van der Waals surface area contributed by atoms with Crippen LogP contribution in [0.5, 0.6) is 0 Å². The van der Waals surface area contributed by atoms with Gasteiger partial charge in [-0.3, -0.25) is 14.3 Å². The van der Waals surface area contributed by atoms with Gasteiger partial charge in [0.1, 0.15) is 12.7 Å². The summed E-state index contributed by atoms with van der Waals surface area (Å²) in [6.07, 6.45) is 0.254. The SMILES string of the molecule is Cc1ccccc1C(=O)OC[C@H]1S[C@@H](n2cc(F)c(=O)[nH]c2=O)C[C@@H]1OC(=O)c1ccccc1C. The van der Waals surface area contributed by atoms with E-state index in [0.717, 1.165) is 21.9 Å². The summed E-state index contributed by atoms with van der Waals surface area (Å²) >= 11 is 1.20. The first kappa shape index (κ1) is 24.5. The second kappa shape index (κ2) is 10.3. The van der Waals surface area contributed by atoms with Gasteiger partial charge in [-0.2, -0.15) is 4.39 Å². The van der Waals surface area contributed by atoms with Crippen LogP contribution in [0.25, 0.3) is 0 Å². The first-order valence-corrected chi connectivity index (χ1v) is 11.8. The molecule has 0 amide bonds. The van der Waals surface area contributed by atoms with Crippen LogP contribution in [-0.4, -0.2) is 39.5 Å². The highest BCUT2D eigenvalue weighted by Gasteiger charge is 2.40. The van der Waals surface area contributed by atoms with Gasteiger partial charge in [-0.1, -0.05) is 36.4 Å². The second-order valence-corrected chi connectivity index (χ2v) is 9.60. The molecule has 35 heavy (non-hydrogen) atoms. The van der Waals surface area contributed by atoms with E-state index in [0.29, 0.717) is 11.1 Å². The minimum Gasteiger partial charge on any atom is -0.461 e. The normalized spacial score (nSPS) is 19.3. The van der Waals surface area contributed by atoms with Crippen molar-refractivity contribution in [3.63, 3.8) is 0 Å². The Morgan fingerprint density at radius 1 is 1.03 bits per heavy atom. The van der Waals surface area contributed by atoms with Gasteiger partial charge in [0.05, 0.1) is 27.9 Å². The van der Waals surface area contributed by atoms with Crippen molar-refractivity contribution in [1.29, 1.82) is 0 Å². The maximum Gasteiger partial charge on any atom is 0.338 e. The fourth-order valence-electron chi connectivity index (χ4n) is 3.86. The Morgan fingerprint density at radius 3 is 2.26 bits per heavy atom. The third kappa shape index (κ3) is 5.37. The van der Waals surface area contributed by atoms with Crippen molar-refractivity contribution in [2.24, 2.45) is 0 Å². The Kier molecular flexibility index (Phi) is 7.20. The van der Waals surface area contributed by atoms with Gasteiger partial charge in [0.2, 0.25) is 5.82 Å². The number of esters is 2. The van der Waals surface area contributed by atoms with Gasteiger partial charge in [0, 0.05) is 6.42 Å². The number of aromatic nitrogens is 2. The average Bonchev–Trinajstić information content (AvgIpc) is 3.22. The Labute approximate surface area is 204 Å². The molecule has 8 nitrogen and oxygen atoms in total. The van der Waals surface area contributed by atoms with Gasteiger partial charge < -0.3 is 9.47 Å². The molecule has 0 bridgehead atoms. The number of hydrogen-bond donors (Lipinski definition) is 1. The predicted molar refractivity (Wildman–Crippen MR) is 128 cm³/mol. The van der Waals surface area contributed by atoms with E-state index in [2.05, 4.69) is 0 Å². The second-order valence-electron chi connectivity index (χ2n) is 8.18. The van der Waals surface area contributed by atoms with Crippen LogP contribution in [-0.2, 0) is 9.47 Å². The number of carbonyl (C=O) groups is 2. The van der Waals surface area contributed by atoms with E-state index in [1.54, 1.807) is 56.3 Å². The molecule has 3 aromatic rings. The molecule has 1 fully saturated rings. The highest BCUT2D eigenvalue weighted by Crippen LogP contribution is 2.43. The molecule has 10 heteroatoms. The Balaban J connectivity index is 1.56. The molecular weight excluding hydrogens is 475 g/mol. The van der Waals surface area contributed by atoms with Crippen molar-refractivity contribution in [2.45, 2.75) is 37.0 Å². The largest absolute Gasteiger partial charge is 0.461 e. The fourth-order valence-corrected chi connectivity index (χ4v) is 5.34. The number of H-pyrrole nitrogens is 1. The van der Waals surface area contributed by atoms with Gasteiger partial charge in [0.25, 0.3) is 5.56 Å². The van der Waals surface area contributed by atoms with Crippen molar-refractivity contribution in [3.05, 3.63) is 104 Å². The van der Waals surface area contributed by atoms with Gasteiger partial charge >= 0.3 is 17.6 Å². The summed E-state index contributed by atoms with van der Waals surface area (Å²) in [7, 11) is 0. The van der Waals surface area contributed by atoms with Crippen LogP contribution in [0.1, 0.15) is 43.6 Å². The molecule has 0 spiro atoms. The molecule has 4 rings (SSSR count). The van der Waals surface area contributed by atoms with Crippen LogP contribution in [0.2, 0.25) is 0 Å². The zero-order chi connectivity index (χ0) is 25.1. The molecule has 0 radical (unpaired) electrons. The number of aryl methyl sites for hydroxylation is 2. The number of rotatable bonds is 6. The molecule has 1 N–H and O–H groups in total. The zero-order valence-electron chi connectivity index (χ0n) is 19.0. The lowest BCUT2D eigenvalue weighted by Gasteiger charge is -2.19. The lowest BCUT2D eigenvalue weighted by molar-refractivity contribution is 0.0204. The van der Waals surface area contributed by atoms with Gasteiger partial charge in [0.15, 0.2) is 0 Å². The molecule has 0 unspecified atom stereocenters. The van der Waals surface area contributed by atoms with E-state index in [1.165, 1.54) is 11.8 Å². The molecule has 0 saturated carbocycles. The van der Waals surface area contributed by atoms with Crippen molar-refractivity contribution >= 4 is 23.7 Å². The maximum atomic E-state index is 13.9. The molecule has 1 aromatic heterocycles. The number of ether oxygens (including phenoxy) is 2. The number of hydrogen-bond acceptors (Lipinski definition) is 7. The number of carbonyl (C=O) groups excluding carboxylic acids is 2. The summed E-state index contributed by atoms with van der Waals surface area (Å²) in [6.45, 7) is 3.48. The van der Waals surface area contributed by atoms with E-state index < -0.39 is 45.7 Å². The van der Waals surface area contributed by atoms with Gasteiger partial charge in [-0.15, -0.1) is 11.8 Å². The van der Waals surface area contributed by atoms with E-state index in [-0.39, 0.29) is 13.0 Å². The molecule has 2 aromatic carbocycles. The minimum atomic E-state index is -1.11. The zero-order valence-corrected chi connectivity index (χ0v) is 19.8. The molecule has 182 valence electrons. The van der Waals surface area contributed by atoms with E-state index in [9.17, 15) is 23.6 Å². The first-order chi connectivity index (χ1) is 16.7. The van der Waals surface area contributed by atoms with E-state index >= 15 is 0 Å². The monoisotopic (exact) mass is 498 g/mol. The summed E-state index contributed by atoms with van der Waals surface area (Å²) in [4.78, 5) is 51.2. The van der Waals surface area contributed by atoms with E-state index in [4.69, 9.17) is 9.47 Å². The molecule has 1 aliphatic heterocycles. The van der Waals surface area contributed by atoms with Crippen molar-refractivity contribution in [3.8, 4) is 0 Å². The fraction of sp³-hybridized carbons (Fsp3) is 0.280. The van der Waals surface area contributed by atoms with Crippen LogP contribution in [0.3, 0.4) is 0 Å². The summed E-state index contributed by atoms with van der Waals surface area (Å²) < 4.78 is 26.2. The van der Waals surface area contributed by atoms with Gasteiger partial charge in [-0.25, -0.2) is 14.4 Å². The lowest BCUT2D eigenvalue weighted by atomic mass is 10.1. The average molecular weight is 499 g/mol. The summed E-state index contributed by atoms with van der Waals surface area (Å²) in [6, 6.07) is 13.9. The maximum absolute atomic E-state index is 13.9. The van der Waals surface area contributed by atoms with Crippen LogP contribution in [0.15, 0.2) is 64.3 Å². The predicted octanol–water partition coefficient (Wildman–Crippen LogP) is 3.38. The van der Waals surface area contributed by atoms with Crippen LogP contribution >= 0.6 is 11.8 Å². The topological polar surface area (TPSA) is 107 Å². The number of nitrogens with one attached hydrogen (secondary N) is 1. The highest BCUT2D eigenvalue weighted by atomic mass is 32.2. The summed E-state index contributed by atoms with van der Waals surface area (Å²) in [5.74, 6) is -2.18. The van der Waals surface area contributed by atoms with Crippen molar-refractivity contribution in [2.75, 3.05) is 6.61 Å². The highest BCUT2D eigenvalue weighted by molar-refractivity contribution is 8.00. The smallest absolute Gasteiger partial charge is 0.338 e. The number of halogens is 1. The summed E-state index contributed by atoms with van der Waals surface area (Å²) in [5, 5.41) is -1.17. The van der Waals surface area contributed by atoms with Crippen molar-refractivity contribution in [1.82, 2.24) is 9.55 Å². The molecular formula is C25H23FN2O6S. The lowest BCUT2D eigenvalue weighted by Crippen LogP contribution is -2.33. The Morgan fingerprint density at radius 2 is 1.63 bits per heavy atom. The van der Waals surface area contributed by atoms with Crippen LogP contribution in [0, 0.1) is 19.7 Å². The molecule has 1 aliphatic rings. The molecule has 2 heterocycles. The van der Waals surface area contributed by atoms with Crippen LogP contribution < -0.4 is 11.2 Å². The molecule has 1 saturated heterocycles. The summed E-state index contributed by atoms with van der Waals surface area (Å²) in [5.41, 5.74) is 0.410. The first-order valence-electron chi connectivity index (χ1n) is 10.9. The number of nitrogens with zero attached hydrogens (tertiary/aromatic N) is 1. The Bertz CT molecular complexity index is 1380. The third-order valence-corrected chi connectivity index (χ3v) is 7.31. The molecule has 0 aliphatic carbocycles. The standard InChI is InChI=1S/C25H23FN2O6S/c1-14-7-3-5-9-16(14)23(30)33-13-20-19(34-24(31)17-10-6-4-8-15(17)2)11-21(35-20)28-12-18(26)22(29)27-25(28)32/h3-10,12,19-21H,11,13H2,1-2H3,(H,27,29,32)/t19-,20+,21+/m0/s1.